The zero-order chi connectivity index (χ0) is 21.3. The van der Waals surface area contributed by atoms with E-state index < -0.39 is 5.60 Å². The van der Waals surface area contributed by atoms with Crippen LogP contribution in [0.15, 0.2) is 36.8 Å². The van der Waals surface area contributed by atoms with Gasteiger partial charge in [-0.1, -0.05) is 0 Å². The topological polar surface area (TPSA) is 98.7 Å². The van der Waals surface area contributed by atoms with Crippen molar-refractivity contribution in [2.45, 2.75) is 25.4 Å². The van der Waals surface area contributed by atoms with E-state index in [-0.39, 0.29) is 6.61 Å². The van der Waals surface area contributed by atoms with Crippen LogP contribution in [0.1, 0.15) is 19.4 Å². The first-order chi connectivity index (χ1) is 14.4. The van der Waals surface area contributed by atoms with Crippen molar-refractivity contribution in [1.29, 1.82) is 5.26 Å². The number of anilines is 1. The lowest BCUT2D eigenvalue weighted by atomic mass is 9.93. The van der Waals surface area contributed by atoms with Crippen molar-refractivity contribution in [2.24, 2.45) is 0 Å². The molecule has 8 nitrogen and oxygen atoms in total. The Bertz CT molecular complexity index is 1080. The van der Waals surface area contributed by atoms with Crippen LogP contribution in [0.25, 0.3) is 16.6 Å². The molecule has 30 heavy (non-hydrogen) atoms. The van der Waals surface area contributed by atoms with Gasteiger partial charge in [0.15, 0.2) is 0 Å². The van der Waals surface area contributed by atoms with Gasteiger partial charge in [-0.25, -0.2) is 9.50 Å². The first kappa shape index (κ1) is 20.2. The van der Waals surface area contributed by atoms with Gasteiger partial charge in [0.2, 0.25) is 0 Å². The number of nitrogens with zero attached hydrogens (tertiary/aromatic N) is 5. The van der Waals surface area contributed by atoms with Crippen LogP contribution in [0.5, 0.6) is 5.75 Å². The van der Waals surface area contributed by atoms with Crippen molar-refractivity contribution in [3.63, 3.8) is 0 Å². The third-order valence-electron chi connectivity index (χ3n) is 5.15. The van der Waals surface area contributed by atoms with E-state index in [1.165, 1.54) is 0 Å². The first-order valence-electron chi connectivity index (χ1n) is 10.1. The van der Waals surface area contributed by atoms with Gasteiger partial charge in [0.1, 0.15) is 32.1 Å². The van der Waals surface area contributed by atoms with E-state index in [2.05, 4.69) is 29.2 Å². The highest BCUT2D eigenvalue weighted by Gasteiger charge is 2.20. The lowest BCUT2D eigenvalue weighted by Gasteiger charge is -2.35. The number of ether oxygens (including phenoxy) is 1. The normalized spacial score (nSPS) is 17.1. The number of hydrogen-bond donors (Lipinski definition) is 2. The minimum atomic E-state index is -0.958. The molecule has 1 aliphatic heterocycles. The molecule has 0 aliphatic carbocycles. The second-order valence-electron chi connectivity index (χ2n) is 8.31. The predicted molar refractivity (Wildman–Crippen MR) is 117 cm³/mol. The van der Waals surface area contributed by atoms with Gasteiger partial charge in [-0.3, -0.25) is 0 Å². The quantitative estimate of drug-likeness (QED) is 0.607. The zero-order valence-corrected chi connectivity index (χ0v) is 17.5. The van der Waals surface area contributed by atoms with Gasteiger partial charge >= 0.3 is 0 Å². The Kier molecular flexibility index (Phi) is 5.37. The number of pyridine rings is 2. The SMILES string of the molecule is B[C@@H]1CNCCN1c1ccc(-c2cc(OCC(C)(C)O)cn3ncc(C#N)c23)cn1. The van der Waals surface area contributed by atoms with E-state index >= 15 is 0 Å². The Hall–Kier alpha value is -3.09. The second-order valence-corrected chi connectivity index (χ2v) is 8.31. The summed E-state index contributed by atoms with van der Waals surface area (Å²) < 4.78 is 7.43. The fraction of sp³-hybridized carbons (Fsp3) is 0.381. The Labute approximate surface area is 176 Å². The molecule has 1 saturated heterocycles. The smallest absolute Gasteiger partial charge is 0.138 e. The largest absolute Gasteiger partial charge is 0.489 e. The molecule has 1 atom stereocenters. The molecule has 2 N–H and O–H groups in total. The number of nitriles is 1. The third-order valence-corrected chi connectivity index (χ3v) is 5.15. The van der Waals surface area contributed by atoms with Crippen LogP contribution in [0.4, 0.5) is 5.82 Å². The molecule has 0 amide bonds. The highest BCUT2D eigenvalue weighted by molar-refractivity contribution is 6.13. The summed E-state index contributed by atoms with van der Waals surface area (Å²) in [5.41, 5.74) is 1.92. The molecule has 0 saturated carbocycles. The van der Waals surface area contributed by atoms with E-state index in [1.807, 2.05) is 24.4 Å². The first-order valence-corrected chi connectivity index (χ1v) is 10.1. The van der Waals surface area contributed by atoms with E-state index in [0.717, 1.165) is 36.6 Å². The summed E-state index contributed by atoms with van der Waals surface area (Å²) >= 11 is 0. The van der Waals surface area contributed by atoms with Crippen LogP contribution in [0.2, 0.25) is 0 Å². The predicted octanol–water partition coefficient (Wildman–Crippen LogP) is 0.786. The molecular formula is C21H25BN6O2. The Balaban J connectivity index is 1.73. The van der Waals surface area contributed by atoms with E-state index in [9.17, 15) is 10.4 Å². The summed E-state index contributed by atoms with van der Waals surface area (Å²) in [5, 5.41) is 27.2. The van der Waals surface area contributed by atoms with Crippen LogP contribution in [-0.2, 0) is 0 Å². The number of rotatable bonds is 5. The molecule has 0 bridgehead atoms. The second kappa shape index (κ2) is 7.97. The van der Waals surface area contributed by atoms with Gasteiger partial charge in [-0.05, 0) is 32.0 Å². The summed E-state index contributed by atoms with van der Waals surface area (Å²) in [6.45, 7) is 6.31. The molecule has 154 valence electrons. The summed E-state index contributed by atoms with van der Waals surface area (Å²) in [6.07, 6.45) is 5.09. The fourth-order valence-electron chi connectivity index (χ4n) is 3.63. The number of fused-ring (bicyclic) bond motifs is 1. The average molecular weight is 404 g/mol. The summed E-state index contributed by atoms with van der Waals surface area (Å²) in [5.74, 6) is 1.88. The lowest BCUT2D eigenvalue weighted by Crippen LogP contribution is -2.52. The number of piperazine rings is 1. The molecule has 4 heterocycles. The van der Waals surface area contributed by atoms with Crippen LogP contribution < -0.4 is 15.0 Å². The van der Waals surface area contributed by atoms with Gasteiger partial charge in [0.25, 0.3) is 0 Å². The monoisotopic (exact) mass is 404 g/mol. The van der Waals surface area contributed by atoms with Crippen LogP contribution in [0, 0.1) is 11.3 Å². The van der Waals surface area contributed by atoms with Gasteiger partial charge in [0, 0.05) is 42.9 Å². The van der Waals surface area contributed by atoms with Crippen molar-refractivity contribution in [2.75, 3.05) is 31.1 Å². The molecule has 9 heteroatoms. The van der Waals surface area contributed by atoms with Crippen molar-refractivity contribution >= 4 is 19.2 Å². The van der Waals surface area contributed by atoms with Crippen LogP contribution in [0.3, 0.4) is 0 Å². The highest BCUT2D eigenvalue weighted by atomic mass is 16.5. The summed E-state index contributed by atoms with van der Waals surface area (Å²) in [6, 6.07) is 8.10. The van der Waals surface area contributed by atoms with Gasteiger partial charge < -0.3 is 20.1 Å². The molecule has 3 aromatic rings. The van der Waals surface area contributed by atoms with E-state index in [4.69, 9.17) is 9.72 Å². The molecule has 1 fully saturated rings. The number of aromatic nitrogens is 3. The summed E-state index contributed by atoms with van der Waals surface area (Å²) in [7, 11) is 2.18. The fourth-order valence-corrected chi connectivity index (χ4v) is 3.63. The molecule has 1 aliphatic rings. The molecule has 0 unspecified atom stereocenters. The standard InChI is InChI=1S/C21H25BN6O2/c1-21(2,29)13-30-16-7-17(20-15(8-23)10-26-28(20)12-16)14-3-4-19(25-9-14)27-6-5-24-11-18(27)22/h3-4,7,9-10,12,18,24,29H,5-6,11,13,22H2,1-2H3/t18-/m0/s1. The van der Waals surface area contributed by atoms with Gasteiger partial charge in [-0.2, -0.15) is 10.4 Å². The van der Waals surface area contributed by atoms with Crippen molar-refractivity contribution in [3.8, 4) is 22.9 Å². The minimum absolute atomic E-state index is 0.141. The van der Waals surface area contributed by atoms with Crippen molar-refractivity contribution < 1.29 is 9.84 Å². The van der Waals surface area contributed by atoms with E-state index in [1.54, 1.807) is 30.8 Å². The maximum absolute atomic E-state index is 9.99. The third kappa shape index (κ3) is 4.11. The minimum Gasteiger partial charge on any atom is -0.489 e. The average Bonchev–Trinajstić information content (AvgIpc) is 3.15. The van der Waals surface area contributed by atoms with Crippen LogP contribution in [-0.4, -0.2) is 65.3 Å². The molecule has 4 rings (SSSR count). The molecular weight excluding hydrogens is 379 g/mol. The molecule has 3 aromatic heterocycles. The lowest BCUT2D eigenvalue weighted by molar-refractivity contribution is 0.0283. The molecule has 0 radical (unpaired) electrons. The maximum atomic E-state index is 9.99. The molecule has 0 spiro atoms. The number of aliphatic hydroxyl groups is 1. The van der Waals surface area contributed by atoms with Gasteiger partial charge in [-0.15, -0.1) is 0 Å². The Morgan fingerprint density at radius 3 is 2.90 bits per heavy atom. The highest BCUT2D eigenvalue weighted by Crippen LogP contribution is 2.31. The zero-order valence-electron chi connectivity index (χ0n) is 17.5. The Morgan fingerprint density at radius 1 is 1.40 bits per heavy atom. The van der Waals surface area contributed by atoms with Gasteiger partial charge in [0.05, 0.1) is 29.1 Å². The Morgan fingerprint density at radius 2 is 2.23 bits per heavy atom. The van der Waals surface area contributed by atoms with Crippen molar-refractivity contribution in [3.05, 3.63) is 42.4 Å². The number of nitrogens with one attached hydrogen (secondary N) is 1. The summed E-state index contributed by atoms with van der Waals surface area (Å²) in [4.78, 5) is 6.99. The number of hydrogen-bond acceptors (Lipinski definition) is 7. The maximum Gasteiger partial charge on any atom is 0.138 e. The van der Waals surface area contributed by atoms with E-state index in [0.29, 0.717) is 22.8 Å². The van der Waals surface area contributed by atoms with Crippen LogP contribution >= 0.6 is 0 Å². The molecule has 0 aromatic carbocycles. The van der Waals surface area contributed by atoms with Crippen molar-refractivity contribution in [1.82, 2.24) is 19.9 Å².